The van der Waals surface area contributed by atoms with Crippen LogP contribution in [0.1, 0.15) is 52.6 Å². The Hall–Kier alpha value is -3.22. The molecule has 1 aromatic carbocycles. The summed E-state index contributed by atoms with van der Waals surface area (Å²) in [7, 11) is 0. The summed E-state index contributed by atoms with van der Waals surface area (Å²) in [5.41, 5.74) is 3.08. The lowest BCUT2D eigenvalue weighted by atomic mass is 10.1. The average Bonchev–Trinajstić information content (AvgIpc) is 3.06. The van der Waals surface area contributed by atoms with Gasteiger partial charge in [0.15, 0.2) is 5.65 Å². The first-order valence-electron chi connectivity index (χ1n) is 10.0. The Kier molecular flexibility index (Phi) is 5.29. The third-order valence-corrected chi connectivity index (χ3v) is 5.28. The molecule has 0 N–H and O–H groups in total. The first-order chi connectivity index (χ1) is 14.1. The minimum Gasteiger partial charge on any atom is -0.462 e. The van der Waals surface area contributed by atoms with Gasteiger partial charge in [0.1, 0.15) is 11.3 Å². The second-order valence-electron chi connectivity index (χ2n) is 7.15. The number of aromatic nitrogens is 3. The van der Waals surface area contributed by atoms with Gasteiger partial charge >= 0.3 is 5.97 Å². The molecule has 0 radical (unpaired) electrons. The van der Waals surface area contributed by atoms with E-state index in [9.17, 15) is 9.59 Å². The van der Waals surface area contributed by atoms with Crippen LogP contribution >= 0.6 is 0 Å². The number of amides is 1. The molecule has 0 saturated carbocycles. The van der Waals surface area contributed by atoms with Crippen LogP contribution in [0, 0.1) is 6.92 Å². The van der Waals surface area contributed by atoms with Crippen LogP contribution in [0.2, 0.25) is 0 Å². The van der Waals surface area contributed by atoms with E-state index in [1.165, 1.54) is 0 Å². The molecule has 150 valence electrons. The van der Waals surface area contributed by atoms with Gasteiger partial charge < -0.3 is 9.64 Å². The quantitative estimate of drug-likeness (QED) is 0.635. The van der Waals surface area contributed by atoms with Crippen LogP contribution in [0.4, 0.5) is 0 Å². The average molecular weight is 392 g/mol. The lowest BCUT2D eigenvalue weighted by molar-refractivity contribution is 0.0517. The first kappa shape index (κ1) is 19.1. The van der Waals surface area contributed by atoms with Gasteiger partial charge in [0.2, 0.25) is 0 Å². The van der Waals surface area contributed by atoms with Gasteiger partial charge in [0, 0.05) is 18.7 Å². The molecule has 1 aliphatic heterocycles. The largest absolute Gasteiger partial charge is 0.462 e. The van der Waals surface area contributed by atoms with Gasteiger partial charge in [-0.3, -0.25) is 4.79 Å². The predicted octanol–water partition coefficient (Wildman–Crippen LogP) is 3.51. The minimum atomic E-state index is -0.515. The van der Waals surface area contributed by atoms with Gasteiger partial charge in [-0.05, 0) is 33.1 Å². The highest BCUT2D eigenvalue weighted by Gasteiger charge is 2.32. The molecule has 1 aliphatic rings. The van der Waals surface area contributed by atoms with Crippen LogP contribution in [0.5, 0.6) is 0 Å². The third-order valence-electron chi connectivity index (χ3n) is 5.28. The molecular weight excluding hydrogens is 368 g/mol. The zero-order valence-corrected chi connectivity index (χ0v) is 16.7. The molecule has 0 atom stereocenters. The fourth-order valence-electron chi connectivity index (χ4n) is 3.81. The van der Waals surface area contributed by atoms with Crippen molar-refractivity contribution in [3.63, 3.8) is 0 Å². The summed E-state index contributed by atoms with van der Waals surface area (Å²) >= 11 is 0. The van der Waals surface area contributed by atoms with Crippen LogP contribution in [-0.4, -0.2) is 51.1 Å². The van der Waals surface area contributed by atoms with Crippen molar-refractivity contribution in [3.05, 3.63) is 53.3 Å². The molecule has 1 saturated heterocycles. The van der Waals surface area contributed by atoms with Gasteiger partial charge in [0.25, 0.3) is 5.91 Å². The van der Waals surface area contributed by atoms with Crippen molar-refractivity contribution >= 4 is 17.5 Å². The molecule has 2 aromatic heterocycles. The van der Waals surface area contributed by atoms with Crippen LogP contribution in [0.3, 0.4) is 0 Å². The number of rotatable bonds is 4. The number of fused-ring (bicyclic) bond motifs is 1. The summed E-state index contributed by atoms with van der Waals surface area (Å²) in [6.07, 6.45) is 4.69. The molecular formula is C22H24N4O3. The summed E-state index contributed by atoms with van der Waals surface area (Å²) in [5.74, 6) is -0.695. The normalized spacial score (nSPS) is 14.2. The van der Waals surface area contributed by atoms with Crippen molar-refractivity contribution in [2.24, 2.45) is 0 Å². The Labute approximate surface area is 169 Å². The number of esters is 1. The first-order valence-corrected chi connectivity index (χ1v) is 10.0. The molecule has 0 spiro atoms. The molecule has 1 amide bonds. The van der Waals surface area contributed by atoms with Crippen LogP contribution in [0.25, 0.3) is 16.9 Å². The van der Waals surface area contributed by atoms with E-state index in [4.69, 9.17) is 4.74 Å². The number of hydrogen-bond acceptors (Lipinski definition) is 5. The highest BCUT2D eigenvalue weighted by atomic mass is 16.5. The maximum atomic E-state index is 13.3. The van der Waals surface area contributed by atoms with Gasteiger partial charge in [0.05, 0.1) is 24.1 Å². The third kappa shape index (κ3) is 3.48. The summed E-state index contributed by atoms with van der Waals surface area (Å²) in [6, 6.07) is 9.68. The molecule has 29 heavy (non-hydrogen) atoms. The molecule has 1 fully saturated rings. The predicted molar refractivity (Wildman–Crippen MR) is 109 cm³/mol. The summed E-state index contributed by atoms with van der Waals surface area (Å²) < 4.78 is 6.84. The van der Waals surface area contributed by atoms with Crippen molar-refractivity contribution < 1.29 is 14.3 Å². The lowest BCUT2D eigenvalue weighted by Gasteiger charge is -2.26. The fraction of sp³-hybridized carbons (Fsp3) is 0.364. The summed E-state index contributed by atoms with van der Waals surface area (Å²) in [6.45, 7) is 5.13. The summed E-state index contributed by atoms with van der Waals surface area (Å²) in [4.78, 5) is 32.4. The van der Waals surface area contributed by atoms with E-state index in [0.717, 1.165) is 24.8 Å². The minimum absolute atomic E-state index is 0.180. The Morgan fingerprint density at radius 2 is 1.79 bits per heavy atom. The maximum absolute atomic E-state index is 13.3. The number of ether oxygens (including phenoxy) is 1. The molecule has 7 nitrogen and oxygen atoms in total. The number of benzene rings is 1. The Morgan fingerprint density at radius 3 is 2.48 bits per heavy atom. The van der Waals surface area contributed by atoms with E-state index >= 15 is 0 Å². The van der Waals surface area contributed by atoms with E-state index in [1.807, 2.05) is 30.3 Å². The zero-order chi connectivity index (χ0) is 20.4. The van der Waals surface area contributed by atoms with Crippen molar-refractivity contribution in [1.29, 1.82) is 0 Å². The van der Waals surface area contributed by atoms with E-state index in [0.29, 0.717) is 30.1 Å². The topological polar surface area (TPSA) is 76.8 Å². The second kappa shape index (κ2) is 8.03. The maximum Gasteiger partial charge on any atom is 0.340 e. The Bertz CT molecular complexity index is 1050. The molecule has 3 heterocycles. The second-order valence-corrected chi connectivity index (χ2v) is 7.15. The van der Waals surface area contributed by atoms with E-state index < -0.39 is 5.97 Å². The SMILES string of the molecule is CCOC(=O)c1c(C(=O)N2CCCCC2)c2ncc(-c3ccccc3)nn2c1C. The van der Waals surface area contributed by atoms with Gasteiger partial charge in [-0.15, -0.1) is 0 Å². The van der Waals surface area contributed by atoms with Crippen molar-refractivity contribution in [2.45, 2.75) is 33.1 Å². The van der Waals surface area contributed by atoms with E-state index in [2.05, 4.69) is 10.1 Å². The standard InChI is InChI=1S/C22H24N4O3/c1-3-29-22(28)18-15(2)26-20(19(18)21(27)25-12-8-5-9-13-25)23-14-17(24-26)16-10-6-4-7-11-16/h4,6-7,10-11,14H,3,5,8-9,12-13H2,1-2H3. The fourth-order valence-corrected chi connectivity index (χ4v) is 3.81. The number of hydrogen-bond donors (Lipinski definition) is 0. The molecule has 7 heteroatoms. The molecule has 3 aromatic rings. The number of aryl methyl sites for hydroxylation is 1. The highest BCUT2D eigenvalue weighted by Crippen LogP contribution is 2.27. The molecule has 4 rings (SSSR count). The Morgan fingerprint density at radius 1 is 1.07 bits per heavy atom. The van der Waals surface area contributed by atoms with Crippen LogP contribution in [-0.2, 0) is 4.74 Å². The van der Waals surface area contributed by atoms with Gasteiger partial charge in [-0.25, -0.2) is 14.3 Å². The van der Waals surface area contributed by atoms with E-state index in [-0.39, 0.29) is 23.6 Å². The smallest absolute Gasteiger partial charge is 0.340 e. The number of piperidine rings is 1. The van der Waals surface area contributed by atoms with Crippen molar-refractivity contribution in [3.8, 4) is 11.3 Å². The van der Waals surface area contributed by atoms with Crippen molar-refractivity contribution in [2.75, 3.05) is 19.7 Å². The number of likely N-dealkylation sites (tertiary alicyclic amines) is 1. The molecule has 0 unspecified atom stereocenters. The molecule has 0 bridgehead atoms. The summed E-state index contributed by atoms with van der Waals surface area (Å²) in [5, 5.41) is 4.67. The number of carbonyl (C=O) groups is 2. The number of nitrogens with zero attached hydrogens (tertiary/aromatic N) is 4. The van der Waals surface area contributed by atoms with Crippen molar-refractivity contribution in [1.82, 2.24) is 19.5 Å². The monoisotopic (exact) mass is 392 g/mol. The zero-order valence-electron chi connectivity index (χ0n) is 16.7. The number of carbonyl (C=O) groups excluding carboxylic acids is 2. The van der Waals surface area contributed by atoms with Crippen LogP contribution in [0.15, 0.2) is 36.5 Å². The van der Waals surface area contributed by atoms with Crippen LogP contribution < -0.4 is 0 Å². The Balaban J connectivity index is 1.88. The lowest BCUT2D eigenvalue weighted by Crippen LogP contribution is -2.36. The van der Waals surface area contributed by atoms with E-state index in [1.54, 1.807) is 29.5 Å². The van der Waals surface area contributed by atoms with Gasteiger partial charge in [-0.1, -0.05) is 30.3 Å². The van der Waals surface area contributed by atoms with Gasteiger partial charge in [-0.2, -0.15) is 5.10 Å². The molecule has 0 aliphatic carbocycles. The highest BCUT2D eigenvalue weighted by molar-refractivity contribution is 6.10.